The first kappa shape index (κ1) is 22.3. The van der Waals surface area contributed by atoms with Crippen molar-refractivity contribution >= 4 is 39.7 Å². The number of carbonyl (C=O) groups is 2. The molecule has 1 aliphatic heterocycles. The van der Waals surface area contributed by atoms with Gasteiger partial charge in [0.25, 0.3) is 0 Å². The van der Waals surface area contributed by atoms with E-state index in [9.17, 15) is 9.59 Å². The summed E-state index contributed by atoms with van der Waals surface area (Å²) >= 11 is 0. The third-order valence-electron chi connectivity index (χ3n) is 6.88. The molecule has 6 rings (SSSR count). The van der Waals surface area contributed by atoms with E-state index < -0.39 is 0 Å². The van der Waals surface area contributed by atoms with Gasteiger partial charge >= 0.3 is 5.97 Å². The summed E-state index contributed by atoms with van der Waals surface area (Å²) in [6.45, 7) is 5.63. The molecule has 1 saturated heterocycles. The van der Waals surface area contributed by atoms with Crippen molar-refractivity contribution < 1.29 is 18.8 Å². The van der Waals surface area contributed by atoms with Crippen molar-refractivity contribution in [2.24, 2.45) is 0 Å². The van der Waals surface area contributed by atoms with Gasteiger partial charge in [0.05, 0.1) is 34.5 Å². The molecule has 0 unspecified atom stereocenters. The van der Waals surface area contributed by atoms with Gasteiger partial charge in [-0.25, -0.2) is 4.79 Å². The molecule has 8 heteroatoms. The summed E-state index contributed by atoms with van der Waals surface area (Å²) in [6, 6.07) is 16.6. The highest BCUT2D eigenvalue weighted by Gasteiger charge is 2.34. The number of esters is 1. The van der Waals surface area contributed by atoms with Gasteiger partial charge in [0.15, 0.2) is 11.5 Å². The number of nitrogens with zero attached hydrogens (tertiary/aromatic N) is 3. The smallest absolute Gasteiger partial charge is 0.338 e. The lowest BCUT2D eigenvalue weighted by Gasteiger charge is -2.34. The molecule has 4 aromatic rings. The van der Waals surface area contributed by atoms with Gasteiger partial charge in [-0.15, -0.1) is 0 Å². The fourth-order valence-electron chi connectivity index (χ4n) is 5.02. The number of aromatic nitrogens is 1. The van der Waals surface area contributed by atoms with Crippen molar-refractivity contribution in [3.63, 3.8) is 0 Å². The fraction of sp³-hybridized carbons (Fsp3) is 0.250. The number of rotatable bonds is 5. The Balaban J connectivity index is 1.52. The minimum absolute atomic E-state index is 0.0831. The Labute approximate surface area is 208 Å². The van der Waals surface area contributed by atoms with Crippen LogP contribution in [0.4, 0.5) is 17.1 Å². The van der Waals surface area contributed by atoms with E-state index in [0.29, 0.717) is 45.9 Å². The summed E-state index contributed by atoms with van der Waals surface area (Å²) in [6.07, 6.45) is 0. The summed E-state index contributed by atoms with van der Waals surface area (Å²) in [4.78, 5) is 30.7. The van der Waals surface area contributed by atoms with Gasteiger partial charge in [-0.1, -0.05) is 35.5 Å². The van der Waals surface area contributed by atoms with Crippen LogP contribution in [0.2, 0.25) is 0 Å². The molecule has 2 aliphatic rings. The maximum Gasteiger partial charge on any atom is 0.338 e. The zero-order valence-corrected chi connectivity index (χ0v) is 20.2. The van der Waals surface area contributed by atoms with Crippen molar-refractivity contribution in [1.82, 2.24) is 10.1 Å². The van der Waals surface area contributed by atoms with Gasteiger partial charge < -0.3 is 24.4 Å². The van der Waals surface area contributed by atoms with E-state index in [0.717, 1.165) is 42.8 Å². The van der Waals surface area contributed by atoms with Gasteiger partial charge in [-0.2, -0.15) is 0 Å². The van der Waals surface area contributed by atoms with Gasteiger partial charge in [0, 0.05) is 43.0 Å². The molecule has 0 radical (unpaired) electrons. The lowest BCUT2D eigenvalue weighted by molar-refractivity contribution is 0.0526. The third kappa shape index (κ3) is 3.61. The second-order valence-corrected chi connectivity index (χ2v) is 9.14. The number of ketones is 1. The first-order chi connectivity index (χ1) is 17.5. The number of fused-ring (bicyclic) bond motifs is 2. The van der Waals surface area contributed by atoms with Crippen LogP contribution in [0.5, 0.6) is 0 Å². The SMILES string of the molecule is CCOC(=O)c1cccc(Nc2cc(N3CCN(C)CC3)c3noc4c3c2C(=O)c2ccccc2-4)c1. The van der Waals surface area contributed by atoms with Crippen molar-refractivity contribution in [2.75, 3.05) is 50.1 Å². The van der Waals surface area contributed by atoms with Crippen LogP contribution in [-0.2, 0) is 4.74 Å². The molecule has 1 N–H and O–H groups in total. The van der Waals surface area contributed by atoms with Gasteiger partial charge in [0.1, 0.15) is 5.52 Å². The van der Waals surface area contributed by atoms with Crippen LogP contribution in [0.15, 0.2) is 59.1 Å². The largest absolute Gasteiger partial charge is 0.462 e. The highest BCUT2D eigenvalue weighted by molar-refractivity contribution is 6.28. The molecule has 182 valence electrons. The maximum atomic E-state index is 13.8. The van der Waals surface area contributed by atoms with Gasteiger partial charge in [-0.3, -0.25) is 4.79 Å². The second-order valence-electron chi connectivity index (χ2n) is 9.14. The van der Waals surface area contributed by atoms with E-state index in [1.54, 1.807) is 25.1 Å². The van der Waals surface area contributed by atoms with E-state index in [2.05, 4.69) is 27.3 Å². The highest BCUT2D eigenvalue weighted by Crippen LogP contribution is 2.46. The van der Waals surface area contributed by atoms with Crippen molar-refractivity contribution in [1.29, 1.82) is 0 Å². The first-order valence-electron chi connectivity index (χ1n) is 12.1. The monoisotopic (exact) mass is 482 g/mol. The number of anilines is 3. The minimum atomic E-state index is -0.387. The number of likely N-dealkylation sites (N-methyl/N-ethyl adjacent to an activating group) is 1. The summed E-state index contributed by atoms with van der Waals surface area (Å²) in [7, 11) is 2.11. The van der Waals surface area contributed by atoms with E-state index in [4.69, 9.17) is 9.26 Å². The molecule has 1 fully saturated rings. The molecule has 8 nitrogen and oxygen atoms in total. The van der Waals surface area contributed by atoms with E-state index >= 15 is 0 Å². The first-order valence-corrected chi connectivity index (χ1v) is 12.1. The summed E-state index contributed by atoms with van der Waals surface area (Å²) in [5.74, 6) is 0.136. The zero-order valence-electron chi connectivity index (χ0n) is 20.2. The number of ether oxygens (including phenoxy) is 1. The third-order valence-corrected chi connectivity index (χ3v) is 6.88. The Morgan fingerprint density at radius 2 is 1.83 bits per heavy atom. The summed E-state index contributed by atoms with van der Waals surface area (Å²) in [5.41, 5.74) is 5.26. The Morgan fingerprint density at radius 1 is 1.06 bits per heavy atom. The molecule has 0 spiro atoms. The second kappa shape index (κ2) is 8.80. The zero-order chi connectivity index (χ0) is 24.8. The van der Waals surface area contributed by atoms with Crippen molar-refractivity contribution in [3.8, 4) is 11.3 Å². The van der Waals surface area contributed by atoms with Crippen LogP contribution in [0.3, 0.4) is 0 Å². The minimum Gasteiger partial charge on any atom is -0.462 e. The van der Waals surface area contributed by atoms with E-state index in [1.807, 2.05) is 36.4 Å². The predicted octanol–water partition coefficient (Wildman–Crippen LogP) is 4.71. The average Bonchev–Trinajstić information content (AvgIpc) is 3.34. The lowest BCUT2D eigenvalue weighted by atomic mass is 9.86. The van der Waals surface area contributed by atoms with E-state index in [-0.39, 0.29) is 11.8 Å². The normalized spacial score (nSPS) is 15.2. The number of hydrogen-bond donors (Lipinski definition) is 1. The van der Waals surface area contributed by atoms with Crippen molar-refractivity contribution in [2.45, 2.75) is 6.92 Å². The highest BCUT2D eigenvalue weighted by atomic mass is 16.5. The van der Waals surface area contributed by atoms with Crippen LogP contribution >= 0.6 is 0 Å². The molecule has 0 amide bonds. The number of piperazine rings is 1. The van der Waals surface area contributed by atoms with Crippen LogP contribution in [0, 0.1) is 0 Å². The lowest BCUT2D eigenvalue weighted by Crippen LogP contribution is -2.44. The van der Waals surface area contributed by atoms with E-state index in [1.165, 1.54) is 0 Å². The van der Waals surface area contributed by atoms with Gasteiger partial charge in [0.2, 0.25) is 0 Å². The number of carbonyl (C=O) groups excluding carboxylic acids is 2. The Morgan fingerprint density at radius 3 is 2.61 bits per heavy atom. The summed E-state index contributed by atoms with van der Waals surface area (Å²) in [5, 5.41) is 8.59. The molecular weight excluding hydrogens is 456 g/mol. The standard InChI is InChI=1S/C28H26N4O4/c1-3-35-28(34)17-7-6-8-18(15-17)29-21-16-22(32-13-11-31(2)12-14-32)25-24-23(21)26(33)19-9-4-5-10-20(19)27(24)36-30-25/h4-10,15-16,29H,3,11-14H2,1-2H3. The molecule has 3 aromatic carbocycles. The topological polar surface area (TPSA) is 87.9 Å². The van der Waals surface area contributed by atoms with Crippen LogP contribution < -0.4 is 10.2 Å². The summed E-state index contributed by atoms with van der Waals surface area (Å²) < 4.78 is 11.0. The molecular formula is C28H26N4O4. The molecule has 36 heavy (non-hydrogen) atoms. The maximum absolute atomic E-state index is 13.8. The quantitative estimate of drug-likeness (QED) is 0.361. The van der Waals surface area contributed by atoms with Crippen LogP contribution in [0.25, 0.3) is 22.2 Å². The van der Waals surface area contributed by atoms with Gasteiger partial charge in [-0.05, 0) is 38.2 Å². The molecule has 0 atom stereocenters. The molecule has 1 aromatic heterocycles. The predicted molar refractivity (Wildman–Crippen MR) is 138 cm³/mol. The molecule has 0 saturated carbocycles. The Bertz CT molecular complexity index is 1500. The van der Waals surface area contributed by atoms with Crippen LogP contribution in [-0.4, -0.2) is 61.6 Å². The fourth-order valence-corrected chi connectivity index (χ4v) is 5.02. The number of benzene rings is 3. The average molecular weight is 483 g/mol. The molecule has 0 bridgehead atoms. The van der Waals surface area contributed by atoms with Crippen molar-refractivity contribution in [3.05, 3.63) is 71.3 Å². The number of hydrogen-bond acceptors (Lipinski definition) is 8. The molecule has 2 heterocycles. The Hall–Kier alpha value is -4.17. The number of nitrogens with one attached hydrogen (secondary N) is 1. The van der Waals surface area contributed by atoms with Crippen LogP contribution in [0.1, 0.15) is 33.2 Å². The Kier molecular flexibility index (Phi) is 5.45. The molecule has 1 aliphatic carbocycles.